The van der Waals surface area contributed by atoms with Crippen LogP contribution in [0.2, 0.25) is 5.02 Å². The van der Waals surface area contributed by atoms with Gasteiger partial charge in [-0.2, -0.15) is 0 Å². The lowest BCUT2D eigenvalue weighted by molar-refractivity contribution is -0.120. The van der Waals surface area contributed by atoms with Gasteiger partial charge in [0.2, 0.25) is 0 Å². The fourth-order valence-electron chi connectivity index (χ4n) is 3.49. The van der Waals surface area contributed by atoms with Crippen molar-refractivity contribution >= 4 is 23.9 Å². The molecule has 1 N–H and O–H groups in total. The van der Waals surface area contributed by atoms with Crippen LogP contribution in [-0.4, -0.2) is 17.4 Å². The quantitative estimate of drug-likeness (QED) is 0.293. The van der Waals surface area contributed by atoms with Crippen molar-refractivity contribution in [1.29, 1.82) is 0 Å². The number of phenolic OH excluding ortho intramolecular Hbond substituents is 1. The second-order valence-electron chi connectivity index (χ2n) is 9.09. The zero-order valence-electron chi connectivity index (χ0n) is 19.1. The van der Waals surface area contributed by atoms with E-state index in [9.17, 15) is 14.7 Å². The number of Topliss-reactive ketones (excluding diaryl/α,β-unsaturated/α-hetero) is 1. The summed E-state index contributed by atoms with van der Waals surface area (Å²) in [6.45, 7) is 8.32. The number of rotatable bonds is 8. The second-order valence-corrected chi connectivity index (χ2v) is 9.50. The standard InChI is InChI=1S/C27H27ClO5/c1-17-25(11-10-22(26(17)31)24(30)14-27(2,3)4)32-15-18-6-5-7-19(12-18)21-9-8-20(33-16-29)13-23(21)28/h5-13,16,31H,14-15H2,1-4H3. The largest absolute Gasteiger partial charge is 0.507 e. The van der Waals surface area contributed by atoms with Crippen molar-refractivity contribution in [3.63, 3.8) is 0 Å². The van der Waals surface area contributed by atoms with Gasteiger partial charge in [0.25, 0.3) is 6.47 Å². The summed E-state index contributed by atoms with van der Waals surface area (Å²) in [6, 6.07) is 16.1. The lowest BCUT2D eigenvalue weighted by Gasteiger charge is -2.18. The van der Waals surface area contributed by atoms with Gasteiger partial charge in [-0.05, 0) is 53.8 Å². The molecule has 0 radical (unpaired) electrons. The fourth-order valence-corrected chi connectivity index (χ4v) is 3.77. The summed E-state index contributed by atoms with van der Waals surface area (Å²) < 4.78 is 10.8. The molecule has 172 valence electrons. The van der Waals surface area contributed by atoms with Crippen molar-refractivity contribution in [2.24, 2.45) is 5.41 Å². The minimum absolute atomic E-state index is 0.0417. The highest BCUT2D eigenvalue weighted by Crippen LogP contribution is 2.34. The van der Waals surface area contributed by atoms with Crippen LogP contribution in [0.5, 0.6) is 17.2 Å². The van der Waals surface area contributed by atoms with Crippen LogP contribution < -0.4 is 9.47 Å². The lowest BCUT2D eigenvalue weighted by atomic mass is 9.87. The average Bonchev–Trinajstić information content (AvgIpc) is 2.74. The van der Waals surface area contributed by atoms with E-state index in [1.165, 1.54) is 0 Å². The number of ether oxygens (including phenoxy) is 2. The Kier molecular flexibility index (Phi) is 7.44. The van der Waals surface area contributed by atoms with Crippen molar-refractivity contribution in [3.8, 4) is 28.4 Å². The van der Waals surface area contributed by atoms with E-state index in [1.807, 2.05) is 45.0 Å². The van der Waals surface area contributed by atoms with Gasteiger partial charge in [0.1, 0.15) is 23.9 Å². The summed E-state index contributed by atoms with van der Waals surface area (Å²) in [5, 5.41) is 11.0. The molecule has 3 aromatic carbocycles. The number of hydrogen-bond acceptors (Lipinski definition) is 5. The number of hydrogen-bond donors (Lipinski definition) is 1. The molecule has 0 spiro atoms. The minimum Gasteiger partial charge on any atom is -0.507 e. The molecule has 0 aromatic heterocycles. The Bertz CT molecular complexity index is 1180. The van der Waals surface area contributed by atoms with E-state index in [-0.39, 0.29) is 23.6 Å². The van der Waals surface area contributed by atoms with Crippen LogP contribution in [0.1, 0.15) is 48.7 Å². The molecule has 3 rings (SSSR count). The number of halogens is 1. The van der Waals surface area contributed by atoms with E-state index in [4.69, 9.17) is 21.1 Å². The molecule has 5 nitrogen and oxygen atoms in total. The van der Waals surface area contributed by atoms with E-state index in [0.717, 1.165) is 16.7 Å². The van der Waals surface area contributed by atoms with Crippen molar-refractivity contribution < 1.29 is 24.2 Å². The maximum atomic E-state index is 12.5. The number of phenols is 1. The van der Waals surface area contributed by atoms with E-state index in [2.05, 4.69) is 0 Å². The first-order valence-electron chi connectivity index (χ1n) is 10.6. The first kappa shape index (κ1) is 24.3. The van der Waals surface area contributed by atoms with Crippen molar-refractivity contribution in [2.45, 2.75) is 40.7 Å². The highest BCUT2D eigenvalue weighted by molar-refractivity contribution is 6.33. The van der Waals surface area contributed by atoms with Gasteiger partial charge in [-0.3, -0.25) is 9.59 Å². The maximum Gasteiger partial charge on any atom is 0.298 e. The number of benzene rings is 3. The zero-order chi connectivity index (χ0) is 24.2. The molecule has 0 aliphatic rings. The number of aromatic hydroxyl groups is 1. The van der Waals surface area contributed by atoms with Crippen LogP contribution >= 0.6 is 11.6 Å². The Morgan fingerprint density at radius 2 is 1.85 bits per heavy atom. The molecule has 33 heavy (non-hydrogen) atoms. The normalized spacial score (nSPS) is 11.2. The Hall–Kier alpha value is -3.31. The molecule has 0 saturated heterocycles. The Morgan fingerprint density at radius 3 is 2.52 bits per heavy atom. The summed E-state index contributed by atoms with van der Waals surface area (Å²) in [6.07, 6.45) is 0.345. The summed E-state index contributed by atoms with van der Waals surface area (Å²) in [7, 11) is 0. The van der Waals surface area contributed by atoms with Gasteiger partial charge in [0, 0.05) is 23.6 Å². The first-order chi connectivity index (χ1) is 15.6. The van der Waals surface area contributed by atoms with Gasteiger partial charge >= 0.3 is 0 Å². The van der Waals surface area contributed by atoms with Gasteiger partial charge in [-0.15, -0.1) is 0 Å². The van der Waals surface area contributed by atoms with E-state index in [0.29, 0.717) is 40.5 Å². The van der Waals surface area contributed by atoms with Crippen molar-refractivity contribution in [1.82, 2.24) is 0 Å². The molecule has 0 unspecified atom stereocenters. The number of ketones is 1. The number of carbonyl (C=O) groups excluding carboxylic acids is 2. The lowest BCUT2D eigenvalue weighted by Crippen LogP contribution is -2.13. The highest BCUT2D eigenvalue weighted by atomic mass is 35.5. The molecule has 0 fully saturated rings. The molecule has 0 aliphatic carbocycles. The smallest absolute Gasteiger partial charge is 0.298 e. The van der Waals surface area contributed by atoms with Crippen LogP contribution in [0.25, 0.3) is 11.1 Å². The molecule has 0 bridgehead atoms. The highest BCUT2D eigenvalue weighted by Gasteiger charge is 2.21. The SMILES string of the molecule is Cc1c(OCc2cccc(-c3ccc(OC=O)cc3Cl)c2)ccc(C(=O)CC(C)(C)C)c1O. The topological polar surface area (TPSA) is 72.8 Å². The minimum atomic E-state index is -0.164. The van der Waals surface area contributed by atoms with E-state index >= 15 is 0 Å². The molecular formula is C27H27ClO5. The van der Waals surface area contributed by atoms with E-state index < -0.39 is 0 Å². The summed E-state index contributed by atoms with van der Waals surface area (Å²) in [5.41, 5.74) is 3.27. The maximum absolute atomic E-state index is 12.5. The van der Waals surface area contributed by atoms with Crippen LogP contribution in [0.4, 0.5) is 0 Å². The molecule has 0 saturated carbocycles. The molecule has 3 aromatic rings. The average molecular weight is 467 g/mol. The third-order valence-corrected chi connectivity index (χ3v) is 5.44. The van der Waals surface area contributed by atoms with Crippen LogP contribution in [0.3, 0.4) is 0 Å². The molecule has 0 amide bonds. The molecule has 0 aliphatic heterocycles. The summed E-state index contributed by atoms with van der Waals surface area (Å²) in [4.78, 5) is 23.1. The molecule has 0 atom stereocenters. The third kappa shape index (κ3) is 6.14. The zero-order valence-corrected chi connectivity index (χ0v) is 19.9. The van der Waals surface area contributed by atoms with Gasteiger partial charge in [0.05, 0.1) is 10.6 Å². The van der Waals surface area contributed by atoms with Gasteiger partial charge in [-0.25, -0.2) is 0 Å². The molecule has 6 heteroatoms. The monoisotopic (exact) mass is 466 g/mol. The van der Waals surface area contributed by atoms with Crippen LogP contribution in [0.15, 0.2) is 54.6 Å². The van der Waals surface area contributed by atoms with Crippen molar-refractivity contribution in [3.05, 3.63) is 76.3 Å². The molecular weight excluding hydrogens is 440 g/mol. The second kappa shape index (κ2) is 10.1. The molecule has 0 heterocycles. The predicted molar refractivity (Wildman–Crippen MR) is 129 cm³/mol. The van der Waals surface area contributed by atoms with Gasteiger partial charge < -0.3 is 14.6 Å². The van der Waals surface area contributed by atoms with E-state index in [1.54, 1.807) is 37.3 Å². The summed E-state index contributed by atoms with van der Waals surface area (Å²) >= 11 is 6.36. The Balaban J connectivity index is 1.76. The van der Waals surface area contributed by atoms with Crippen LogP contribution in [0, 0.1) is 12.3 Å². The van der Waals surface area contributed by atoms with Crippen molar-refractivity contribution in [2.75, 3.05) is 0 Å². The predicted octanol–water partition coefficient (Wildman–Crippen LogP) is 6.75. The Labute approximate surface area is 198 Å². The fraction of sp³-hybridized carbons (Fsp3) is 0.259. The third-order valence-electron chi connectivity index (χ3n) is 5.13. The first-order valence-corrected chi connectivity index (χ1v) is 10.9. The Morgan fingerprint density at radius 1 is 1.09 bits per heavy atom. The van der Waals surface area contributed by atoms with Gasteiger partial charge in [-0.1, -0.05) is 50.6 Å². The van der Waals surface area contributed by atoms with Crippen LogP contribution in [-0.2, 0) is 11.4 Å². The summed E-state index contributed by atoms with van der Waals surface area (Å²) in [5.74, 6) is 0.750. The van der Waals surface area contributed by atoms with Gasteiger partial charge in [0.15, 0.2) is 5.78 Å². The number of carbonyl (C=O) groups is 2.